The Bertz CT molecular complexity index is 406. The smallest absolute Gasteiger partial charge is 0.141 e. The van der Waals surface area contributed by atoms with E-state index in [4.69, 9.17) is 11.6 Å². The van der Waals surface area contributed by atoms with Gasteiger partial charge < -0.3 is 10.4 Å². The third kappa shape index (κ3) is 2.54. The van der Waals surface area contributed by atoms with Crippen LogP contribution in [0, 0.1) is 0 Å². The molecule has 1 aliphatic rings. The fourth-order valence-corrected chi connectivity index (χ4v) is 1.96. The second kappa shape index (κ2) is 4.85. The predicted octanol–water partition coefficient (Wildman–Crippen LogP) is 1.37. The first-order valence-electron chi connectivity index (χ1n) is 5.30. The number of anilines is 1. The maximum absolute atomic E-state index is 11.2. The van der Waals surface area contributed by atoms with E-state index < -0.39 is 6.10 Å². The van der Waals surface area contributed by atoms with Gasteiger partial charge in [-0.05, 0) is 23.3 Å². The number of hydrogen-bond acceptors (Lipinski definition) is 3. The Balaban J connectivity index is 2.02. The number of ketones is 1. The number of carbonyl (C=O) groups excluding carboxylic acids is 1. The molecule has 0 aliphatic heterocycles. The average molecular weight is 240 g/mol. The van der Waals surface area contributed by atoms with Gasteiger partial charge in [-0.25, -0.2) is 0 Å². The molecule has 0 saturated heterocycles. The lowest BCUT2D eigenvalue weighted by Crippen LogP contribution is -2.20. The van der Waals surface area contributed by atoms with E-state index in [0.29, 0.717) is 19.4 Å². The molecule has 0 saturated carbocycles. The molecule has 3 nitrogen and oxygen atoms in total. The summed E-state index contributed by atoms with van der Waals surface area (Å²) >= 11 is 5.50. The first kappa shape index (κ1) is 11.4. The summed E-state index contributed by atoms with van der Waals surface area (Å²) in [5, 5.41) is 12.4. The molecule has 0 fully saturated rings. The normalized spacial score (nSPS) is 16.0. The maximum atomic E-state index is 11.2. The van der Waals surface area contributed by atoms with Crippen LogP contribution in [-0.4, -0.2) is 29.4 Å². The number of aliphatic hydroxyl groups is 1. The first-order chi connectivity index (χ1) is 7.69. The van der Waals surface area contributed by atoms with Crippen LogP contribution in [0.5, 0.6) is 0 Å². The number of rotatable bonds is 4. The predicted molar refractivity (Wildman–Crippen MR) is 64.1 cm³/mol. The third-order valence-corrected chi connectivity index (χ3v) is 3.06. The summed E-state index contributed by atoms with van der Waals surface area (Å²) in [5.41, 5.74) is 3.14. The van der Waals surface area contributed by atoms with Crippen LogP contribution in [0.15, 0.2) is 18.2 Å². The molecular formula is C12H14ClNO2. The highest BCUT2D eigenvalue weighted by atomic mass is 35.5. The quantitative estimate of drug-likeness (QED) is 0.781. The van der Waals surface area contributed by atoms with E-state index in [-0.39, 0.29) is 11.7 Å². The number of aliphatic hydroxyl groups excluding tert-OH is 1. The van der Waals surface area contributed by atoms with Gasteiger partial charge in [0, 0.05) is 25.1 Å². The summed E-state index contributed by atoms with van der Waals surface area (Å²) in [7, 11) is 0. The third-order valence-electron chi connectivity index (χ3n) is 2.70. The van der Waals surface area contributed by atoms with Crippen molar-refractivity contribution in [2.45, 2.75) is 18.9 Å². The van der Waals surface area contributed by atoms with Crippen LogP contribution in [0.3, 0.4) is 0 Å². The summed E-state index contributed by atoms with van der Waals surface area (Å²) in [5.74, 6) is 0.490. The van der Waals surface area contributed by atoms with Gasteiger partial charge in [-0.3, -0.25) is 4.79 Å². The average Bonchev–Trinajstić information content (AvgIpc) is 2.65. The van der Waals surface area contributed by atoms with Crippen LogP contribution in [0.25, 0.3) is 0 Å². The second-order valence-corrected chi connectivity index (χ2v) is 4.37. The lowest BCUT2D eigenvalue weighted by molar-refractivity contribution is -0.117. The number of halogens is 1. The fraction of sp³-hybridized carbons (Fsp3) is 0.417. The van der Waals surface area contributed by atoms with Crippen molar-refractivity contribution < 1.29 is 9.90 Å². The van der Waals surface area contributed by atoms with E-state index in [2.05, 4.69) is 5.32 Å². The van der Waals surface area contributed by atoms with E-state index in [1.54, 1.807) is 0 Å². The highest BCUT2D eigenvalue weighted by Gasteiger charge is 2.18. The van der Waals surface area contributed by atoms with Crippen molar-refractivity contribution in [2.75, 3.05) is 17.7 Å². The molecule has 2 N–H and O–H groups in total. The molecule has 4 heteroatoms. The van der Waals surface area contributed by atoms with Crippen LogP contribution in [-0.2, 0) is 17.6 Å². The summed E-state index contributed by atoms with van der Waals surface area (Å²) in [6, 6.07) is 5.87. The van der Waals surface area contributed by atoms with E-state index >= 15 is 0 Å². The minimum Gasteiger partial charge on any atom is -0.390 e. The van der Waals surface area contributed by atoms with Gasteiger partial charge >= 0.3 is 0 Å². The van der Waals surface area contributed by atoms with Crippen molar-refractivity contribution in [3.8, 4) is 0 Å². The van der Waals surface area contributed by atoms with Gasteiger partial charge in [0.15, 0.2) is 0 Å². The van der Waals surface area contributed by atoms with Gasteiger partial charge in [-0.15, -0.1) is 11.6 Å². The van der Waals surface area contributed by atoms with Crippen LogP contribution in [0.4, 0.5) is 5.69 Å². The van der Waals surface area contributed by atoms with Gasteiger partial charge in [0.25, 0.3) is 0 Å². The van der Waals surface area contributed by atoms with Crippen molar-refractivity contribution in [3.05, 3.63) is 29.3 Å². The molecule has 1 aliphatic carbocycles. The molecule has 1 aromatic carbocycles. The number of carbonyl (C=O) groups is 1. The number of benzene rings is 1. The van der Waals surface area contributed by atoms with E-state index in [9.17, 15) is 9.90 Å². The van der Waals surface area contributed by atoms with Gasteiger partial charge in [-0.1, -0.05) is 6.07 Å². The summed E-state index contributed by atoms with van der Waals surface area (Å²) in [6.45, 7) is 0.427. The van der Waals surface area contributed by atoms with Crippen molar-refractivity contribution in [2.24, 2.45) is 0 Å². The molecule has 16 heavy (non-hydrogen) atoms. The zero-order valence-corrected chi connectivity index (χ0v) is 9.63. The SMILES string of the molecule is O=C1Cc2ccc(NCC(O)CCl)cc2C1. The molecule has 0 aromatic heterocycles. The molecule has 1 aromatic rings. The molecule has 1 atom stereocenters. The standard InChI is InChI=1S/C12H14ClNO2/c13-6-12(16)7-14-10-2-1-8-4-11(15)5-9(8)3-10/h1-3,12,14,16H,4-7H2. The van der Waals surface area contributed by atoms with E-state index in [1.807, 2.05) is 18.2 Å². The zero-order valence-electron chi connectivity index (χ0n) is 8.87. The van der Waals surface area contributed by atoms with Crippen molar-refractivity contribution in [1.29, 1.82) is 0 Å². The Morgan fingerprint density at radius 2 is 2.12 bits per heavy atom. The van der Waals surface area contributed by atoms with Gasteiger partial charge in [0.2, 0.25) is 0 Å². The molecule has 0 radical (unpaired) electrons. The Labute approximate surface area is 99.4 Å². The maximum Gasteiger partial charge on any atom is 0.141 e. The number of hydrogen-bond donors (Lipinski definition) is 2. The molecule has 0 bridgehead atoms. The van der Waals surface area contributed by atoms with Gasteiger partial charge in [-0.2, -0.15) is 0 Å². The number of Topliss-reactive ketones (excluding diaryl/α,β-unsaturated/α-hetero) is 1. The number of alkyl halides is 1. The molecular weight excluding hydrogens is 226 g/mol. The van der Waals surface area contributed by atoms with Crippen LogP contribution in [0.2, 0.25) is 0 Å². The Hall–Kier alpha value is -1.06. The van der Waals surface area contributed by atoms with Crippen molar-refractivity contribution >= 4 is 23.1 Å². The minimum absolute atomic E-state index is 0.219. The molecule has 86 valence electrons. The summed E-state index contributed by atoms with van der Waals surface area (Å²) in [4.78, 5) is 11.2. The lowest BCUT2D eigenvalue weighted by atomic mass is 10.1. The Kier molecular flexibility index (Phi) is 3.46. The van der Waals surface area contributed by atoms with Crippen molar-refractivity contribution in [1.82, 2.24) is 0 Å². The zero-order chi connectivity index (χ0) is 11.5. The van der Waals surface area contributed by atoms with E-state index in [1.165, 1.54) is 0 Å². The number of nitrogens with one attached hydrogen (secondary N) is 1. The molecule has 1 unspecified atom stereocenters. The first-order valence-corrected chi connectivity index (χ1v) is 5.84. The minimum atomic E-state index is -0.545. The molecule has 0 spiro atoms. The van der Waals surface area contributed by atoms with Gasteiger partial charge in [0.05, 0.1) is 12.0 Å². The van der Waals surface area contributed by atoms with Crippen LogP contribution >= 0.6 is 11.6 Å². The topological polar surface area (TPSA) is 49.3 Å². The van der Waals surface area contributed by atoms with Crippen LogP contribution < -0.4 is 5.32 Å². The van der Waals surface area contributed by atoms with Gasteiger partial charge in [0.1, 0.15) is 5.78 Å². The highest BCUT2D eigenvalue weighted by molar-refractivity contribution is 6.18. The van der Waals surface area contributed by atoms with Crippen molar-refractivity contribution in [3.63, 3.8) is 0 Å². The molecule has 2 rings (SSSR count). The largest absolute Gasteiger partial charge is 0.390 e. The summed E-state index contributed by atoms with van der Waals surface area (Å²) < 4.78 is 0. The molecule has 0 heterocycles. The summed E-state index contributed by atoms with van der Waals surface area (Å²) in [6.07, 6.45) is 0.541. The van der Waals surface area contributed by atoms with E-state index in [0.717, 1.165) is 16.8 Å². The monoisotopic (exact) mass is 239 g/mol. The highest BCUT2D eigenvalue weighted by Crippen LogP contribution is 2.23. The number of fused-ring (bicyclic) bond motifs is 1. The van der Waals surface area contributed by atoms with Crippen LogP contribution in [0.1, 0.15) is 11.1 Å². The fourth-order valence-electron chi connectivity index (χ4n) is 1.85. The molecule has 0 amide bonds. The lowest BCUT2D eigenvalue weighted by Gasteiger charge is -2.10. The Morgan fingerprint density at radius 1 is 1.38 bits per heavy atom. The second-order valence-electron chi connectivity index (χ2n) is 4.06. The Morgan fingerprint density at radius 3 is 2.88 bits per heavy atom.